The number of benzene rings is 1. The quantitative estimate of drug-likeness (QED) is 0.890. The molecule has 0 aliphatic carbocycles. The molecule has 92 valence electrons. The van der Waals surface area contributed by atoms with E-state index < -0.39 is 5.97 Å². The van der Waals surface area contributed by atoms with Crippen LogP contribution in [0, 0.1) is 6.92 Å². The lowest BCUT2D eigenvalue weighted by molar-refractivity contribution is 0.0697. The van der Waals surface area contributed by atoms with E-state index in [-0.39, 0.29) is 16.5 Å². The van der Waals surface area contributed by atoms with Crippen LogP contribution in [0.25, 0.3) is 0 Å². The third-order valence-electron chi connectivity index (χ3n) is 2.34. The molecular formula is C12H10N2O3S. The second-order valence-electron chi connectivity index (χ2n) is 3.60. The molecule has 0 atom stereocenters. The van der Waals surface area contributed by atoms with E-state index in [1.807, 2.05) is 0 Å². The molecule has 2 N–H and O–H groups in total. The van der Waals surface area contributed by atoms with Crippen LogP contribution >= 0.6 is 11.5 Å². The molecule has 0 radical (unpaired) electrons. The Morgan fingerprint density at radius 1 is 1.28 bits per heavy atom. The molecule has 18 heavy (non-hydrogen) atoms. The SMILES string of the molecule is Cc1nsc(NC(=O)c2ccccc2)c1C(=O)O. The molecule has 2 aromatic rings. The highest BCUT2D eigenvalue weighted by atomic mass is 32.1. The highest BCUT2D eigenvalue weighted by molar-refractivity contribution is 7.11. The molecule has 0 spiro atoms. The number of hydrogen-bond acceptors (Lipinski definition) is 4. The van der Waals surface area contributed by atoms with Crippen molar-refractivity contribution in [2.75, 3.05) is 5.32 Å². The second kappa shape index (κ2) is 4.97. The number of aromatic carboxylic acids is 1. The summed E-state index contributed by atoms with van der Waals surface area (Å²) < 4.78 is 3.93. The Morgan fingerprint density at radius 2 is 1.94 bits per heavy atom. The van der Waals surface area contributed by atoms with Crippen LogP contribution in [0.15, 0.2) is 30.3 Å². The maximum Gasteiger partial charge on any atom is 0.340 e. The number of carboxylic acids is 1. The maximum atomic E-state index is 11.9. The van der Waals surface area contributed by atoms with Crippen LogP contribution in [0.3, 0.4) is 0 Å². The molecule has 1 aromatic heterocycles. The number of rotatable bonds is 3. The van der Waals surface area contributed by atoms with Gasteiger partial charge in [0.15, 0.2) is 0 Å². The lowest BCUT2D eigenvalue weighted by atomic mass is 10.2. The first-order valence-corrected chi connectivity index (χ1v) is 5.93. The van der Waals surface area contributed by atoms with Crippen LogP contribution in [-0.4, -0.2) is 21.4 Å². The fraction of sp³-hybridized carbons (Fsp3) is 0.0833. The number of carboxylic acid groups (broad SMARTS) is 1. The van der Waals surface area contributed by atoms with E-state index in [0.717, 1.165) is 11.5 Å². The Hall–Kier alpha value is -2.21. The van der Waals surface area contributed by atoms with Crippen LogP contribution in [0.5, 0.6) is 0 Å². The molecule has 0 aliphatic rings. The smallest absolute Gasteiger partial charge is 0.340 e. The van der Waals surface area contributed by atoms with Gasteiger partial charge >= 0.3 is 5.97 Å². The van der Waals surface area contributed by atoms with E-state index in [4.69, 9.17) is 5.11 Å². The van der Waals surface area contributed by atoms with Crippen LogP contribution in [-0.2, 0) is 0 Å². The van der Waals surface area contributed by atoms with Crippen LogP contribution < -0.4 is 5.32 Å². The summed E-state index contributed by atoms with van der Waals surface area (Å²) in [5, 5.41) is 11.9. The van der Waals surface area contributed by atoms with Crippen molar-refractivity contribution in [3.63, 3.8) is 0 Å². The van der Waals surface area contributed by atoms with E-state index >= 15 is 0 Å². The van der Waals surface area contributed by atoms with E-state index in [0.29, 0.717) is 11.3 Å². The summed E-state index contributed by atoms with van der Waals surface area (Å²) >= 11 is 0.965. The number of aryl methyl sites for hydroxylation is 1. The molecule has 0 fully saturated rings. The average molecular weight is 262 g/mol. The molecule has 0 bridgehead atoms. The molecule has 1 heterocycles. The van der Waals surface area contributed by atoms with Crippen molar-refractivity contribution in [1.29, 1.82) is 0 Å². The fourth-order valence-corrected chi connectivity index (χ4v) is 2.26. The topological polar surface area (TPSA) is 79.3 Å². The molecule has 5 nitrogen and oxygen atoms in total. The minimum atomic E-state index is -1.09. The maximum absolute atomic E-state index is 11.9. The molecule has 0 saturated heterocycles. The van der Waals surface area contributed by atoms with Gasteiger partial charge in [-0.1, -0.05) is 18.2 Å². The third-order valence-corrected chi connectivity index (χ3v) is 3.19. The third kappa shape index (κ3) is 2.38. The van der Waals surface area contributed by atoms with E-state index in [1.165, 1.54) is 0 Å². The van der Waals surface area contributed by atoms with Gasteiger partial charge in [0.25, 0.3) is 5.91 Å². The summed E-state index contributed by atoms with van der Waals surface area (Å²) in [5.74, 6) is -1.44. The summed E-state index contributed by atoms with van der Waals surface area (Å²) in [7, 11) is 0. The van der Waals surface area contributed by atoms with Gasteiger partial charge in [0.1, 0.15) is 10.6 Å². The number of nitrogens with one attached hydrogen (secondary N) is 1. The minimum absolute atomic E-state index is 0.0456. The number of aromatic nitrogens is 1. The van der Waals surface area contributed by atoms with Gasteiger partial charge in [0.2, 0.25) is 0 Å². The van der Waals surface area contributed by atoms with Crippen molar-refractivity contribution in [2.45, 2.75) is 6.92 Å². The van der Waals surface area contributed by atoms with Gasteiger partial charge in [-0.25, -0.2) is 4.79 Å². The van der Waals surface area contributed by atoms with Crippen LogP contribution in [0.2, 0.25) is 0 Å². The summed E-state index contributed by atoms with van der Waals surface area (Å²) in [5.41, 5.74) is 0.917. The first-order valence-electron chi connectivity index (χ1n) is 5.15. The van der Waals surface area contributed by atoms with Gasteiger partial charge in [-0.15, -0.1) is 0 Å². The lowest BCUT2D eigenvalue weighted by Gasteiger charge is -2.03. The molecule has 1 aromatic carbocycles. The minimum Gasteiger partial charge on any atom is -0.478 e. The van der Waals surface area contributed by atoms with E-state index in [9.17, 15) is 9.59 Å². The zero-order chi connectivity index (χ0) is 13.1. The Morgan fingerprint density at radius 3 is 2.56 bits per heavy atom. The average Bonchev–Trinajstić information content (AvgIpc) is 2.71. The normalized spacial score (nSPS) is 10.1. The number of hydrogen-bond donors (Lipinski definition) is 2. The lowest BCUT2D eigenvalue weighted by Crippen LogP contribution is -2.13. The fourth-order valence-electron chi connectivity index (χ4n) is 1.47. The Kier molecular flexibility index (Phi) is 3.38. The molecule has 0 unspecified atom stereocenters. The number of carbonyl (C=O) groups excluding carboxylic acids is 1. The van der Waals surface area contributed by atoms with Gasteiger partial charge in [-0.05, 0) is 30.6 Å². The number of amides is 1. The predicted molar refractivity (Wildman–Crippen MR) is 68.2 cm³/mol. The zero-order valence-corrected chi connectivity index (χ0v) is 10.3. The Labute approximate surface area is 107 Å². The first-order chi connectivity index (χ1) is 8.59. The molecule has 0 aliphatic heterocycles. The van der Waals surface area contributed by atoms with Crippen molar-refractivity contribution in [3.8, 4) is 0 Å². The first kappa shape index (κ1) is 12.3. The molecule has 0 saturated carbocycles. The van der Waals surface area contributed by atoms with Gasteiger partial charge in [0.05, 0.1) is 5.69 Å². The summed E-state index contributed by atoms with van der Waals surface area (Å²) in [6.07, 6.45) is 0. The van der Waals surface area contributed by atoms with Crippen molar-refractivity contribution < 1.29 is 14.7 Å². The van der Waals surface area contributed by atoms with Gasteiger partial charge in [-0.2, -0.15) is 4.37 Å². The predicted octanol–water partition coefficient (Wildman–Crippen LogP) is 2.40. The second-order valence-corrected chi connectivity index (χ2v) is 4.37. The van der Waals surface area contributed by atoms with Gasteiger partial charge in [-0.3, -0.25) is 4.79 Å². The number of carbonyl (C=O) groups is 2. The van der Waals surface area contributed by atoms with Crippen LogP contribution in [0.1, 0.15) is 26.4 Å². The van der Waals surface area contributed by atoms with Gasteiger partial charge in [0, 0.05) is 5.56 Å². The van der Waals surface area contributed by atoms with E-state index in [1.54, 1.807) is 37.3 Å². The molecule has 6 heteroatoms. The Bertz CT molecular complexity index is 593. The molecule has 1 amide bonds. The monoisotopic (exact) mass is 262 g/mol. The highest BCUT2D eigenvalue weighted by Crippen LogP contribution is 2.24. The van der Waals surface area contributed by atoms with Gasteiger partial charge < -0.3 is 10.4 Å². The van der Waals surface area contributed by atoms with Crippen molar-refractivity contribution in [3.05, 3.63) is 47.2 Å². The van der Waals surface area contributed by atoms with Crippen molar-refractivity contribution in [1.82, 2.24) is 4.37 Å². The zero-order valence-electron chi connectivity index (χ0n) is 9.51. The summed E-state index contributed by atoms with van der Waals surface area (Å²) in [6.45, 7) is 1.60. The number of nitrogens with zero attached hydrogens (tertiary/aromatic N) is 1. The van der Waals surface area contributed by atoms with Crippen molar-refractivity contribution >= 4 is 28.4 Å². The number of anilines is 1. The summed E-state index contributed by atoms with van der Waals surface area (Å²) in [4.78, 5) is 22.9. The Balaban J connectivity index is 2.25. The summed E-state index contributed by atoms with van der Waals surface area (Å²) in [6, 6.07) is 8.60. The van der Waals surface area contributed by atoms with Crippen molar-refractivity contribution in [2.24, 2.45) is 0 Å². The van der Waals surface area contributed by atoms with E-state index in [2.05, 4.69) is 9.69 Å². The largest absolute Gasteiger partial charge is 0.478 e. The molecule has 2 rings (SSSR count). The molecular weight excluding hydrogens is 252 g/mol. The van der Waals surface area contributed by atoms with Crippen LogP contribution in [0.4, 0.5) is 5.00 Å². The standard InChI is InChI=1S/C12H10N2O3S/c1-7-9(12(16)17)11(18-14-7)13-10(15)8-5-3-2-4-6-8/h2-6H,1H3,(H,13,15)(H,16,17). The highest BCUT2D eigenvalue weighted by Gasteiger charge is 2.19.